The van der Waals surface area contributed by atoms with Crippen molar-refractivity contribution < 1.29 is 0 Å². The van der Waals surface area contributed by atoms with E-state index in [2.05, 4.69) is 38.5 Å². The van der Waals surface area contributed by atoms with E-state index in [1.807, 2.05) is 0 Å². The van der Waals surface area contributed by atoms with Crippen molar-refractivity contribution in [2.75, 3.05) is 0 Å². The van der Waals surface area contributed by atoms with Crippen LogP contribution in [0.2, 0.25) is 4.59 Å². The topological polar surface area (TPSA) is 0 Å². The van der Waals surface area contributed by atoms with E-state index in [9.17, 15) is 0 Å². The van der Waals surface area contributed by atoms with Crippen molar-refractivity contribution in [2.24, 2.45) is 5.92 Å². The molecule has 1 heteroatoms. The Labute approximate surface area is 68.6 Å². The second kappa shape index (κ2) is 5.39. The molecular weight excluding hydrogens is 103 g/mol. The number of unbranched alkanes of at least 4 members (excludes halogenated alkanes) is 1. The first-order valence-corrected chi connectivity index (χ1v) is 4.18. The first-order chi connectivity index (χ1) is 4.18. The molecule has 0 amide bonds. The Hall–Kier alpha value is 0.597. The molecule has 0 aromatic rings. The van der Waals surface area contributed by atoms with Crippen molar-refractivity contribution in [1.82, 2.24) is 0 Å². The van der Waals surface area contributed by atoms with E-state index in [1.165, 1.54) is 19.3 Å². The van der Waals surface area contributed by atoms with Crippen molar-refractivity contribution in [2.45, 2.75) is 44.6 Å². The maximum atomic E-state index is 2.35. The van der Waals surface area contributed by atoms with Crippen LogP contribution in [0.25, 0.3) is 0 Å². The van der Waals surface area contributed by atoms with E-state index in [1.54, 1.807) is 0 Å². The Bertz CT molecular complexity index is 59.6. The molecule has 2 atom stereocenters. The van der Waals surface area contributed by atoms with Crippen LogP contribution < -0.4 is 0 Å². The molecule has 0 saturated heterocycles. The molecular formula is C8H17Li. The third-order valence-corrected chi connectivity index (χ3v) is 2.15. The molecule has 0 rings (SSSR count). The second-order valence-corrected chi connectivity index (χ2v) is 3.36. The summed E-state index contributed by atoms with van der Waals surface area (Å²) in [6, 6.07) is 0. The van der Waals surface area contributed by atoms with Crippen LogP contribution >= 0.6 is 0 Å². The van der Waals surface area contributed by atoms with E-state index in [0.29, 0.717) is 0 Å². The Morgan fingerprint density at radius 3 is 2.22 bits per heavy atom. The molecule has 0 bridgehead atoms. The van der Waals surface area contributed by atoms with Crippen LogP contribution in [0.15, 0.2) is 0 Å². The Morgan fingerprint density at radius 2 is 1.89 bits per heavy atom. The molecule has 9 heavy (non-hydrogen) atoms. The molecule has 0 radical (unpaired) electrons. The van der Waals surface area contributed by atoms with E-state index in [-0.39, 0.29) is 0 Å². The molecule has 0 aromatic heterocycles. The van der Waals surface area contributed by atoms with Gasteiger partial charge in [-0.25, -0.2) is 0 Å². The summed E-state index contributed by atoms with van der Waals surface area (Å²) in [5.41, 5.74) is 0. The predicted octanol–water partition coefficient (Wildman–Crippen LogP) is 2.79. The molecule has 0 aliphatic rings. The van der Waals surface area contributed by atoms with E-state index in [0.717, 1.165) is 10.5 Å². The Kier molecular flexibility index (Phi) is 5.75. The zero-order valence-electron chi connectivity index (χ0n) is 7.28. The van der Waals surface area contributed by atoms with Gasteiger partial charge in [0.2, 0.25) is 0 Å². The van der Waals surface area contributed by atoms with Crippen LogP contribution in [-0.2, 0) is 0 Å². The van der Waals surface area contributed by atoms with Crippen LogP contribution in [0.5, 0.6) is 0 Å². The quantitative estimate of drug-likeness (QED) is 0.500. The van der Waals surface area contributed by atoms with Gasteiger partial charge in [-0.2, -0.15) is 0 Å². The molecule has 0 saturated carbocycles. The van der Waals surface area contributed by atoms with Crippen LogP contribution in [-0.4, -0.2) is 17.7 Å². The second-order valence-electron chi connectivity index (χ2n) is 3.36. The van der Waals surface area contributed by atoms with Crippen LogP contribution in [0.4, 0.5) is 0 Å². The fraction of sp³-hybridized carbons (Fsp3) is 1.00. The van der Waals surface area contributed by atoms with Crippen LogP contribution in [0, 0.1) is 5.92 Å². The summed E-state index contributed by atoms with van der Waals surface area (Å²) < 4.78 is 0.872. The van der Waals surface area contributed by atoms with Crippen molar-refractivity contribution in [3.8, 4) is 0 Å². The molecule has 0 aliphatic heterocycles. The molecule has 0 aliphatic carbocycles. The predicted molar refractivity (Wildman–Crippen MR) is 43.9 cm³/mol. The van der Waals surface area contributed by atoms with Crippen LogP contribution in [0.1, 0.15) is 40.0 Å². The summed E-state index contributed by atoms with van der Waals surface area (Å²) in [4.78, 5) is 0. The van der Waals surface area contributed by atoms with Gasteiger partial charge in [-0.3, -0.25) is 0 Å². The molecule has 2 unspecified atom stereocenters. The van der Waals surface area contributed by atoms with Gasteiger partial charge in [-0.1, -0.05) is 0 Å². The van der Waals surface area contributed by atoms with Gasteiger partial charge in [0.1, 0.15) is 0 Å². The summed E-state index contributed by atoms with van der Waals surface area (Å²) in [5.74, 6) is 0.921. The van der Waals surface area contributed by atoms with Gasteiger partial charge in [0.15, 0.2) is 0 Å². The van der Waals surface area contributed by atoms with Gasteiger partial charge < -0.3 is 0 Å². The summed E-state index contributed by atoms with van der Waals surface area (Å²) in [6.07, 6.45) is 4.16. The average molecular weight is 120 g/mol. The fourth-order valence-electron chi connectivity index (χ4n) is 0.859. The third kappa shape index (κ3) is 5.06. The minimum atomic E-state index is 0.872. The van der Waals surface area contributed by atoms with Crippen LogP contribution in [0.3, 0.4) is 0 Å². The van der Waals surface area contributed by atoms with Gasteiger partial charge in [0, 0.05) is 0 Å². The van der Waals surface area contributed by atoms with Crippen molar-refractivity contribution >= 4 is 17.7 Å². The normalized spacial score (nSPS) is 17.4. The summed E-state index contributed by atoms with van der Waals surface area (Å²) in [7, 11) is 0. The molecule has 0 aromatic carbocycles. The van der Waals surface area contributed by atoms with E-state index >= 15 is 0 Å². The summed E-state index contributed by atoms with van der Waals surface area (Å²) in [6.45, 7) is 6.91. The summed E-state index contributed by atoms with van der Waals surface area (Å²) in [5, 5.41) is 0. The zero-order chi connectivity index (χ0) is 7.28. The molecule has 0 N–H and O–H groups in total. The van der Waals surface area contributed by atoms with Crippen molar-refractivity contribution in [3.05, 3.63) is 0 Å². The SMILES string of the molecule is [Li][CH](C)C(C)CCCC. The average Bonchev–Trinajstić information content (AvgIpc) is 1.82. The third-order valence-electron chi connectivity index (χ3n) is 2.15. The monoisotopic (exact) mass is 120 g/mol. The standard InChI is InChI=1S/C8H17.Li/c1-4-6-7-8(3)5-2;/h5,8H,4,6-7H2,1-3H3;. The molecule has 50 valence electrons. The van der Waals surface area contributed by atoms with E-state index < -0.39 is 0 Å². The first-order valence-electron chi connectivity index (χ1n) is 4.18. The molecule has 0 nitrogen and oxygen atoms in total. The number of hydrogen-bond donors (Lipinski definition) is 0. The minimum absolute atomic E-state index is 0.872. The molecule has 0 spiro atoms. The van der Waals surface area contributed by atoms with Gasteiger partial charge in [-0.15, -0.1) is 0 Å². The zero-order valence-corrected chi connectivity index (χ0v) is 7.28. The maximum absolute atomic E-state index is 2.35. The Morgan fingerprint density at radius 1 is 1.33 bits per heavy atom. The van der Waals surface area contributed by atoms with Gasteiger partial charge in [0.25, 0.3) is 0 Å². The fourth-order valence-corrected chi connectivity index (χ4v) is 0.859. The molecule has 0 heterocycles. The van der Waals surface area contributed by atoms with Gasteiger partial charge >= 0.3 is 68.3 Å². The first kappa shape index (κ1) is 9.60. The van der Waals surface area contributed by atoms with Gasteiger partial charge in [-0.05, 0) is 0 Å². The van der Waals surface area contributed by atoms with Crippen molar-refractivity contribution in [3.63, 3.8) is 0 Å². The Balaban J connectivity index is 3.16. The molecule has 0 fully saturated rings. The summed E-state index contributed by atoms with van der Waals surface area (Å²) >= 11 is 2.31. The van der Waals surface area contributed by atoms with Crippen molar-refractivity contribution in [1.29, 1.82) is 0 Å². The van der Waals surface area contributed by atoms with Gasteiger partial charge in [0.05, 0.1) is 0 Å². The number of rotatable bonds is 4. The number of hydrogen-bond acceptors (Lipinski definition) is 0. The van der Waals surface area contributed by atoms with E-state index in [4.69, 9.17) is 0 Å².